The van der Waals surface area contributed by atoms with Crippen molar-refractivity contribution in [2.45, 2.75) is 32.3 Å². The predicted octanol–water partition coefficient (Wildman–Crippen LogP) is 2.39. The van der Waals surface area contributed by atoms with Crippen LogP contribution in [-0.4, -0.2) is 30.3 Å². The predicted molar refractivity (Wildman–Crippen MR) is 75.5 cm³/mol. The molecule has 0 bridgehead atoms. The van der Waals surface area contributed by atoms with Crippen molar-refractivity contribution in [3.63, 3.8) is 0 Å². The zero-order valence-corrected chi connectivity index (χ0v) is 11.8. The van der Waals surface area contributed by atoms with Crippen molar-refractivity contribution in [2.75, 3.05) is 13.2 Å². The van der Waals surface area contributed by atoms with Crippen molar-refractivity contribution in [3.05, 3.63) is 29.3 Å². The van der Waals surface area contributed by atoms with Crippen LogP contribution in [0.4, 0.5) is 0 Å². The van der Waals surface area contributed by atoms with E-state index < -0.39 is 6.10 Å². The molecule has 2 N–H and O–H groups in total. The summed E-state index contributed by atoms with van der Waals surface area (Å²) in [6.07, 6.45) is 1.38. The van der Waals surface area contributed by atoms with Crippen molar-refractivity contribution >= 4 is 17.5 Å². The molecule has 4 nitrogen and oxygen atoms in total. The van der Waals surface area contributed by atoms with E-state index in [1.807, 2.05) is 6.92 Å². The van der Waals surface area contributed by atoms with Crippen molar-refractivity contribution in [3.8, 4) is 5.75 Å². The zero-order chi connectivity index (χ0) is 14.1. The molecule has 1 unspecified atom stereocenters. The summed E-state index contributed by atoms with van der Waals surface area (Å²) >= 11 is 5.81. The van der Waals surface area contributed by atoms with E-state index in [1.165, 1.54) is 0 Å². The van der Waals surface area contributed by atoms with Crippen LogP contribution in [0.5, 0.6) is 5.75 Å². The molecule has 0 aromatic heterocycles. The summed E-state index contributed by atoms with van der Waals surface area (Å²) in [6.45, 7) is 2.57. The lowest BCUT2D eigenvalue weighted by Gasteiger charge is -2.11. The summed E-state index contributed by atoms with van der Waals surface area (Å²) in [4.78, 5) is 11.5. The fourth-order valence-corrected chi connectivity index (χ4v) is 1.75. The van der Waals surface area contributed by atoms with Crippen LogP contribution in [0.2, 0.25) is 5.02 Å². The SMILES string of the molecule is CCCC(O)CNC(=O)CCOc1cccc(Cl)c1. The first-order valence-electron chi connectivity index (χ1n) is 6.45. The Morgan fingerprint density at radius 3 is 3.00 bits per heavy atom. The molecular weight excluding hydrogens is 266 g/mol. The van der Waals surface area contributed by atoms with E-state index in [9.17, 15) is 9.90 Å². The number of halogens is 1. The normalized spacial score (nSPS) is 11.9. The maximum atomic E-state index is 11.5. The smallest absolute Gasteiger partial charge is 0.223 e. The minimum absolute atomic E-state index is 0.128. The highest BCUT2D eigenvalue weighted by Gasteiger charge is 2.06. The third kappa shape index (κ3) is 7.03. The van der Waals surface area contributed by atoms with Crippen molar-refractivity contribution in [1.29, 1.82) is 0 Å². The van der Waals surface area contributed by atoms with Gasteiger partial charge in [0.15, 0.2) is 0 Å². The fourth-order valence-electron chi connectivity index (χ4n) is 1.57. The first kappa shape index (κ1) is 15.8. The van der Waals surface area contributed by atoms with E-state index in [2.05, 4.69) is 5.32 Å². The number of benzene rings is 1. The van der Waals surface area contributed by atoms with E-state index in [-0.39, 0.29) is 18.9 Å². The molecule has 0 heterocycles. The molecule has 106 valence electrons. The van der Waals surface area contributed by atoms with E-state index in [0.29, 0.717) is 23.7 Å². The van der Waals surface area contributed by atoms with Crippen LogP contribution in [0.25, 0.3) is 0 Å². The lowest BCUT2D eigenvalue weighted by Crippen LogP contribution is -2.32. The van der Waals surface area contributed by atoms with Gasteiger partial charge in [-0.05, 0) is 24.6 Å². The molecule has 0 spiro atoms. The number of amides is 1. The number of carbonyl (C=O) groups excluding carboxylic acids is 1. The van der Waals surface area contributed by atoms with Gasteiger partial charge in [-0.3, -0.25) is 4.79 Å². The number of aliphatic hydroxyl groups excluding tert-OH is 1. The van der Waals surface area contributed by atoms with Gasteiger partial charge < -0.3 is 15.2 Å². The second-order valence-electron chi connectivity index (χ2n) is 4.30. The molecule has 0 radical (unpaired) electrons. The van der Waals surface area contributed by atoms with Crippen LogP contribution in [0.3, 0.4) is 0 Å². The Morgan fingerprint density at radius 2 is 2.32 bits per heavy atom. The Kier molecular flexibility index (Phi) is 7.30. The molecular formula is C14H20ClNO3. The average molecular weight is 286 g/mol. The van der Waals surface area contributed by atoms with E-state index in [4.69, 9.17) is 16.3 Å². The Hall–Kier alpha value is -1.26. The van der Waals surface area contributed by atoms with Crippen molar-refractivity contribution < 1.29 is 14.6 Å². The summed E-state index contributed by atoms with van der Waals surface area (Å²) in [6, 6.07) is 7.04. The summed E-state index contributed by atoms with van der Waals surface area (Å²) in [5.41, 5.74) is 0. The Morgan fingerprint density at radius 1 is 1.53 bits per heavy atom. The molecule has 0 saturated carbocycles. The maximum Gasteiger partial charge on any atom is 0.223 e. The average Bonchev–Trinajstić information content (AvgIpc) is 2.37. The third-order valence-corrected chi connectivity index (χ3v) is 2.79. The number of hydrogen-bond donors (Lipinski definition) is 2. The quantitative estimate of drug-likeness (QED) is 0.771. The van der Waals surface area contributed by atoms with Crippen molar-refractivity contribution in [1.82, 2.24) is 5.32 Å². The monoisotopic (exact) mass is 285 g/mol. The standard InChI is InChI=1S/C14H20ClNO3/c1-2-4-12(17)10-16-14(18)7-8-19-13-6-3-5-11(15)9-13/h3,5-6,9,12,17H,2,4,7-8,10H2,1H3,(H,16,18). The third-order valence-electron chi connectivity index (χ3n) is 2.55. The van der Waals surface area contributed by atoms with Crippen LogP contribution in [-0.2, 0) is 4.79 Å². The van der Waals surface area contributed by atoms with Crippen LogP contribution in [0, 0.1) is 0 Å². The topological polar surface area (TPSA) is 58.6 Å². The van der Waals surface area contributed by atoms with Gasteiger partial charge in [0, 0.05) is 11.6 Å². The molecule has 0 aliphatic heterocycles. The van der Waals surface area contributed by atoms with Gasteiger partial charge >= 0.3 is 0 Å². The lowest BCUT2D eigenvalue weighted by atomic mass is 10.2. The second kappa shape index (κ2) is 8.77. The number of rotatable bonds is 8. The molecule has 0 saturated heterocycles. The highest BCUT2D eigenvalue weighted by molar-refractivity contribution is 6.30. The summed E-state index contributed by atoms with van der Waals surface area (Å²) in [5, 5.41) is 12.7. The van der Waals surface area contributed by atoms with Gasteiger partial charge in [-0.15, -0.1) is 0 Å². The summed E-state index contributed by atoms with van der Waals surface area (Å²) < 4.78 is 5.40. The van der Waals surface area contributed by atoms with Crippen molar-refractivity contribution in [2.24, 2.45) is 0 Å². The Labute approximate surface area is 118 Å². The Bertz CT molecular complexity index is 398. The molecule has 5 heteroatoms. The van der Waals surface area contributed by atoms with Gasteiger partial charge in [0.1, 0.15) is 5.75 Å². The molecule has 0 fully saturated rings. The number of ether oxygens (including phenoxy) is 1. The van der Waals surface area contributed by atoms with Gasteiger partial charge in [-0.2, -0.15) is 0 Å². The van der Waals surface area contributed by atoms with E-state index >= 15 is 0 Å². The van der Waals surface area contributed by atoms with E-state index in [1.54, 1.807) is 24.3 Å². The number of carbonyl (C=O) groups is 1. The fraction of sp³-hybridized carbons (Fsp3) is 0.500. The second-order valence-corrected chi connectivity index (χ2v) is 4.74. The molecule has 1 atom stereocenters. The van der Waals surface area contributed by atoms with Crippen LogP contribution in [0.1, 0.15) is 26.2 Å². The van der Waals surface area contributed by atoms with Crippen LogP contribution >= 0.6 is 11.6 Å². The van der Waals surface area contributed by atoms with Gasteiger partial charge in [0.05, 0.1) is 19.1 Å². The first-order valence-corrected chi connectivity index (χ1v) is 6.82. The molecule has 0 aliphatic rings. The lowest BCUT2D eigenvalue weighted by molar-refractivity contribution is -0.122. The Balaban J connectivity index is 2.17. The first-order chi connectivity index (χ1) is 9.11. The van der Waals surface area contributed by atoms with Gasteiger partial charge in [-0.25, -0.2) is 0 Å². The molecule has 1 amide bonds. The largest absolute Gasteiger partial charge is 0.493 e. The number of aliphatic hydroxyl groups is 1. The molecule has 1 rings (SSSR count). The van der Waals surface area contributed by atoms with Gasteiger partial charge in [0.25, 0.3) is 0 Å². The highest BCUT2D eigenvalue weighted by Crippen LogP contribution is 2.17. The number of hydrogen-bond acceptors (Lipinski definition) is 3. The highest BCUT2D eigenvalue weighted by atomic mass is 35.5. The maximum absolute atomic E-state index is 11.5. The van der Waals surface area contributed by atoms with Crippen LogP contribution in [0.15, 0.2) is 24.3 Å². The summed E-state index contributed by atoms with van der Waals surface area (Å²) in [5.74, 6) is 0.517. The van der Waals surface area contributed by atoms with E-state index in [0.717, 1.165) is 6.42 Å². The molecule has 19 heavy (non-hydrogen) atoms. The minimum Gasteiger partial charge on any atom is -0.493 e. The zero-order valence-electron chi connectivity index (χ0n) is 11.1. The molecule has 1 aromatic rings. The van der Waals surface area contributed by atoms with Gasteiger partial charge in [0.2, 0.25) is 5.91 Å². The molecule has 0 aliphatic carbocycles. The summed E-state index contributed by atoms with van der Waals surface area (Å²) in [7, 11) is 0. The molecule has 1 aromatic carbocycles. The van der Waals surface area contributed by atoms with Crippen LogP contribution < -0.4 is 10.1 Å². The number of nitrogens with one attached hydrogen (secondary N) is 1. The van der Waals surface area contributed by atoms with Gasteiger partial charge in [-0.1, -0.05) is 31.0 Å². The minimum atomic E-state index is -0.470.